The minimum Gasteiger partial charge on any atom is -0.465 e. The highest BCUT2D eigenvalue weighted by Gasteiger charge is 2.29. The zero-order valence-electron chi connectivity index (χ0n) is 13.9. The summed E-state index contributed by atoms with van der Waals surface area (Å²) in [6.45, 7) is 2.64. The van der Waals surface area contributed by atoms with E-state index in [4.69, 9.17) is 4.74 Å². The van der Waals surface area contributed by atoms with E-state index in [-0.39, 0.29) is 11.8 Å². The van der Waals surface area contributed by atoms with Crippen molar-refractivity contribution in [1.29, 1.82) is 0 Å². The van der Waals surface area contributed by atoms with Crippen molar-refractivity contribution in [3.63, 3.8) is 0 Å². The average Bonchev–Trinajstić information content (AvgIpc) is 3.03. The summed E-state index contributed by atoms with van der Waals surface area (Å²) in [7, 11) is 0. The van der Waals surface area contributed by atoms with Crippen LogP contribution in [-0.4, -0.2) is 23.6 Å². The summed E-state index contributed by atoms with van der Waals surface area (Å²) in [4.78, 5) is 15.2. The number of rotatable bonds is 3. The maximum Gasteiger partial charge on any atom is 0.323 e. The number of carbonyl (C=O) groups excluding carboxylic acids is 1. The van der Waals surface area contributed by atoms with Crippen LogP contribution in [0.5, 0.6) is 0 Å². The van der Waals surface area contributed by atoms with Crippen molar-refractivity contribution in [2.75, 3.05) is 6.61 Å². The Bertz CT molecular complexity index is 934. The number of esters is 1. The maximum atomic E-state index is 14.4. The van der Waals surface area contributed by atoms with Crippen LogP contribution < -0.4 is 5.32 Å². The van der Waals surface area contributed by atoms with E-state index in [1.165, 1.54) is 6.07 Å². The summed E-state index contributed by atoms with van der Waals surface area (Å²) < 4.78 is 19.5. The fraction of sp³-hybridized carbons (Fsp3) is 0.250. The molecule has 0 radical (unpaired) electrons. The van der Waals surface area contributed by atoms with E-state index in [0.717, 1.165) is 27.8 Å². The number of H-pyrrole nitrogens is 1. The number of carbonyl (C=O) groups is 1. The Kier molecular flexibility index (Phi) is 4.01. The van der Waals surface area contributed by atoms with Gasteiger partial charge >= 0.3 is 5.97 Å². The third-order valence-corrected chi connectivity index (χ3v) is 4.69. The van der Waals surface area contributed by atoms with Crippen molar-refractivity contribution in [3.8, 4) is 11.1 Å². The van der Waals surface area contributed by atoms with Gasteiger partial charge in [0.25, 0.3) is 0 Å². The molecule has 5 heteroatoms. The molecule has 0 fully saturated rings. The van der Waals surface area contributed by atoms with Crippen molar-refractivity contribution in [3.05, 3.63) is 59.5 Å². The van der Waals surface area contributed by atoms with E-state index in [1.807, 2.05) is 36.4 Å². The first-order chi connectivity index (χ1) is 12.2. The van der Waals surface area contributed by atoms with Crippen molar-refractivity contribution >= 4 is 16.9 Å². The van der Waals surface area contributed by atoms with Crippen LogP contribution in [0.2, 0.25) is 0 Å². The molecule has 1 aliphatic heterocycles. The van der Waals surface area contributed by atoms with Gasteiger partial charge < -0.3 is 9.72 Å². The second-order valence-electron chi connectivity index (χ2n) is 6.18. The van der Waals surface area contributed by atoms with Gasteiger partial charge in [-0.1, -0.05) is 36.4 Å². The number of nitrogens with one attached hydrogen (secondary N) is 2. The van der Waals surface area contributed by atoms with Crippen LogP contribution in [0.3, 0.4) is 0 Å². The molecule has 0 amide bonds. The summed E-state index contributed by atoms with van der Waals surface area (Å²) in [6, 6.07) is 12.8. The third kappa shape index (κ3) is 2.70. The first kappa shape index (κ1) is 15.8. The Hall–Kier alpha value is -2.66. The maximum absolute atomic E-state index is 14.4. The Labute approximate surface area is 145 Å². The van der Waals surface area contributed by atoms with E-state index in [0.29, 0.717) is 25.1 Å². The van der Waals surface area contributed by atoms with Gasteiger partial charge in [0.15, 0.2) is 0 Å². The summed E-state index contributed by atoms with van der Waals surface area (Å²) >= 11 is 0. The van der Waals surface area contributed by atoms with Gasteiger partial charge in [0.2, 0.25) is 0 Å². The zero-order chi connectivity index (χ0) is 17.4. The lowest BCUT2D eigenvalue weighted by Crippen LogP contribution is -2.42. The predicted octanol–water partition coefficient (Wildman–Crippen LogP) is 3.55. The Morgan fingerprint density at radius 3 is 2.80 bits per heavy atom. The minimum absolute atomic E-state index is 0.268. The number of aromatic amines is 1. The molecule has 0 aliphatic carbocycles. The summed E-state index contributed by atoms with van der Waals surface area (Å²) in [5.74, 6) is -0.549. The van der Waals surface area contributed by atoms with Crippen LogP contribution in [0.1, 0.15) is 18.2 Å². The molecule has 0 saturated heterocycles. The van der Waals surface area contributed by atoms with E-state index >= 15 is 0 Å². The molecule has 4 nitrogen and oxygen atoms in total. The van der Waals surface area contributed by atoms with Gasteiger partial charge in [-0.3, -0.25) is 10.1 Å². The van der Waals surface area contributed by atoms with Gasteiger partial charge in [0, 0.05) is 24.0 Å². The smallest absolute Gasteiger partial charge is 0.323 e. The van der Waals surface area contributed by atoms with Gasteiger partial charge in [0.05, 0.1) is 12.1 Å². The molecule has 1 unspecified atom stereocenters. The molecule has 3 aromatic rings. The van der Waals surface area contributed by atoms with Crippen molar-refractivity contribution in [2.24, 2.45) is 0 Å². The lowest BCUT2D eigenvalue weighted by Gasteiger charge is -2.22. The highest BCUT2D eigenvalue weighted by atomic mass is 19.1. The summed E-state index contributed by atoms with van der Waals surface area (Å²) in [6.07, 6.45) is 0.469. The summed E-state index contributed by atoms with van der Waals surface area (Å²) in [5, 5.41) is 4.10. The molecule has 2 heterocycles. The molecular formula is C20H19FN2O2. The number of ether oxygens (including phenoxy) is 1. The molecule has 1 aromatic heterocycles. The van der Waals surface area contributed by atoms with Crippen LogP contribution in [-0.2, 0) is 22.5 Å². The molecule has 0 bridgehead atoms. The first-order valence-electron chi connectivity index (χ1n) is 8.46. The zero-order valence-corrected chi connectivity index (χ0v) is 13.9. The largest absolute Gasteiger partial charge is 0.465 e. The Balaban J connectivity index is 1.83. The SMILES string of the molecule is CCOC(=O)C1Cc2[nH]c3c(F)ccc(-c4ccccc4)c3c2CN1. The molecule has 0 spiro atoms. The number of benzene rings is 2. The Morgan fingerprint density at radius 1 is 1.24 bits per heavy atom. The number of halogens is 1. The lowest BCUT2D eigenvalue weighted by atomic mass is 9.95. The van der Waals surface area contributed by atoms with E-state index in [1.54, 1.807) is 6.92 Å². The molecule has 0 saturated carbocycles. The van der Waals surface area contributed by atoms with Crippen LogP contribution in [0.4, 0.5) is 4.39 Å². The minimum atomic E-state index is -0.399. The molecule has 4 rings (SSSR count). The molecule has 1 atom stereocenters. The number of hydrogen-bond donors (Lipinski definition) is 2. The van der Waals surface area contributed by atoms with Gasteiger partial charge in [-0.15, -0.1) is 0 Å². The predicted molar refractivity (Wildman–Crippen MR) is 94.7 cm³/mol. The lowest BCUT2D eigenvalue weighted by molar-refractivity contribution is -0.145. The molecule has 1 aliphatic rings. The number of hydrogen-bond acceptors (Lipinski definition) is 3. The van der Waals surface area contributed by atoms with E-state index < -0.39 is 6.04 Å². The normalized spacial score (nSPS) is 16.6. The fourth-order valence-electron chi connectivity index (χ4n) is 3.53. The van der Waals surface area contributed by atoms with Crippen molar-refractivity contribution < 1.29 is 13.9 Å². The van der Waals surface area contributed by atoms with Crippen molar-refractivity contribution in [1.82, 2.24) is 10.3 Å². The van der Waals surface area contributed by atoms with Crippen LogP contribution in [0.15, 0.2) is 42.5 Å². The first-order valence-corrected chi connectivity index (χ1v) is 8.46. The molecule has 2 aromatic carbocycles. The highest BCUT2D eigenvalue weighted by Crippen LogP contribution is 2.36. The fourth-order valence-corrected chi connectivity index (χ4v) is 3.53. The van der Waals surface area contributed by atoms with Crippen LogP contribution in [0, 0.1) is 5.82 Å². The van der Waals surface area contributed by atoms with Gasteiger partial charge in [0.1, 0.15) is 11.9 Å². The Morgan fingerprint density at radius 2 is 2.04 bits per heavy atom. The topological polar surface area (TPSA) is 54.1 Å². The molecular weight excluding hydrogens is 319 g/mol. The van der Waals surface area contributed by atoms with Crippen molar-refractivity contribution in [2.45, 2.75) is 25.9 Å². The summed E-state index contributed by atoms with van der Waals surface area (Å²) in [5.41, 5.74) is 4.45. The van der Waals surface area contributed by atoms with E-state index in [2.05, 4.69) is 10.3 Å². The van der Waals surface area contributed by atoms with Gasteiger partial charge in [-0.2, -0.15) is 0 Å². The number of fused-ring (bicyclic) bond motifs is 3. The standard InChI is InChI=1S/C20H19FN2O2/c1-2-25-20(24)17-10-16-14(11-22-17)18-13(12-6-4-3-5-7-12)8-9-15(21)19(18)23-16/h3-9,17,22-23H,2,10-11H2,1H3. The monoisotopic (exact) mass is 338 g/mol. The number of aromatic nitrogens is 1. The van der Waals surface area contributed by atoms with Crippen LogP contribution in [0.25, 0.3) is 22.0 Å². The highest BCUT2D eigenvalue weighted by molar-refractivity contribution is 5.99. The van der Waals surface area contributed by atoms with Crippen LogP contribution >= 0.6 is 0 Å². The second-order valence-corrected chi connectivity index (χ2v) is 6.18. The third-order valence-electron chi connectivity index (χ3n) is 4.69. The second kappa shape index (κ2) is 6.33. The van der Waals surface area contributed by atoms with Gasteiger partial charge in [-0.25, -0.2) is 4.39 Å². The average molecular weight is 338 g/mol. The molecule has 2 N–H and O–H groups in total. The van der Waals surface area contributed by atoms with Gasteiger partial charge in [-0.05, 0) is 29.7 Å². The molecule has 128 valence electrons. The molecule has 25 heavy (non-hydrogen) atoms. The van der Waals surface area contributed by atoms with E-state index in [9.17, 15) is 9.18 Å². The quantitative estimate of drug-likeness (QED) is 0.718.